The summed E-state index contributed by atoms with van der Waals surface area (Å²) in [7, 11) is 0. The topological polar surface area (TPSA) is 120 Å². The summed E-state index contributed by atoms with van der Waals surface area (Å²) in [4.78, 5) is 11.1. The number of halogens is 1. The molecule has 24 heavy (non-hydrogen) atoms. The minimum Gasteiger partial charge on any atom is -0.545 e. The van der Waals surface area contributed by atoms with Gasteiger partial charge in [0.05, 0.1) is 17.4 Å². The van der Waals surface area contributed by atoms with Crippen LogP contribution in [0.1, 0.15) is 10.4 Å². The Morgan fingerprint density at radius 2 is 1.83 bits per heavy atom. The highest BCUT2D eigenvalue weighted by Crippen LogP contribution is 2.35. The fourth-order valence-corrected chi connectivity index (χ4v) is 2.37. The first-order valence-corrected chi connectivity index (χ1v) is 7.67. The molecule has 7 nitrogen and oxygen atoms in total. The van der Waals surface area contributed by atoms with E-state index in [1.54, 1.807) is 12.1 Å². The average molecular weight is 385 g/mol. The lowest BCUT2D eigenvalue weighted by molar-refractivity contribution is -0.254. The highest BCUT2D eigenvalue weighted by Gasteiger charge is 2.13. The van der Waals surface area contributed by atoms with Gasteiger partial charge in [0.25, 0.3) is 0 Å². The van der Waals surface area contributed by atoms with Gasteiger partial charge in [-0.05, 0) is 18.2 Å². The second kappa shape index (κ2) is 6.63. The summed E-state index contributed by atoms with van der Waals surface area (Å²) in [5, 5.41) is 25.9. The van der Waals surface area contributed by atoms with Crippen molar-refractivity contribution < 1.29 is 9.90 Å². The van der Waals surface area contributed by atoms with E-state index in [4.69, 9.17) is 5.73 Å². The van der Waals surface area contributed by atoms with Crippen molar-refractivity contribution in [1.29, 1.82) is 0 Å². The number of carboxylic acids is 1. The van der Waals surface area contributed by atoms with Gasteiger partial charge in [-0.1, -0.05) is 46.3 Å². The molecule has 1 aromatic heterocycles. The number of hydrogen-bond acceptors (Lipinski definition) is 6. The fourth-order valence-electron chi connectivity index (χ4n) is 2.11. The molecule has 0 saturated heterocycles. The van der Waals surface area contributed by atoms with Crippen molar-refractivity contribution in [3.05, 3.63) is 58.6 Å². The number of aromatic nitrogens is 2. The minimum atomic E-state index is -1.32. The molecule has 3 N–H and O–H groups in total. The number of azo groups is 1. The van der Waals surface area contributed by atoms with Gasteiger partial charge in [-0.2, -0.15) is 5.10 Å². The molecule has 0 bridgehead atoms. The second-order valence-corrected chi connectivity index (χ2v) is 5.76. The van der Waals surface area contributed by atoms with Crippen molar-refractivity contribution in [2.45, 2.75) is 0 Å². The molecule has 8 heteroatoms. The number of rotatable bonds is 4. The fraction of sp³-hybridized carbons (Fsp3) is 0. The first kappa shape index (κ1) is 15.9. The maximum Gasteiger partial charge on any atom is 0.173 e. The summed E-state index contributed by atoms with van der Waals surface area (Å²) in [6.45, 7) is 0. The number of nitrogens with two attached hydrogens (primary N) is 1. The second-order valence-electron chi connectivity index (χ2n) is 4.84. The first-order chi connectivity index (χ1) is 11.6. The van der Waals surface area contributed by atoms with Crippen LogP contribution in [0.25, 0.3) is 11.3 Å². The predicted octanol–water partition coefficient (Wildman–Crippen LogP) is 3.20. The summed E-state index contributed by atoms with van der Waals surface area (Å²) < 4.78 is 0.935. The number of H-pyrrole nitrogens is 1. The van der Waals surface area contributed by atoms with Gasteiger partial charge >= 0.3 is 0 Å². The van der Waals surface area contributed by atoms with E-state index in [0.717, 1.165) is 10.0 Å². The Labute approximate surface area is 145 Å². The molecule has 0 saturated carbocycles. The summed E-state index contributed by atoms with van der Waals surface area (Å²) in [6, 6.07) is 13.7. The van der Waals surface area contributed by atoms with E-state index in [9.17, 15) is 9.90 Å². The van der Waals surface area contributed by atoms with E-state index in [1.807, 2.05) is 24.3 Å². The molecular formula is C16H11BrN5O2-. The Morgan fingerprint density at radius 1 is 1.12 bits per heavy atom. The van der Waals surface area contributed by atoms with Crippen LogP contribution in [0.2, 0.25) is 0 Å². The summed E-state index contributed by atoms with van der Waals surface area (Å²) in [6.07, 6.45) is 0. The van der Waals surface area contributed by atoms with Crippen molar-refractivity contribution in [1.82, 2.24) is 10.2 Å². The molecule has 0 amide bonds. The standard InChI is InChI=1S/C16H12BrN5O2/c17-10-7-5-9(6-8-10)13-14(15(18)22-20-13)21-19-12-4-2-1-3-11(12)16(23)24/h1-8H,(H,23,24)(H3,18,20,22)/p-1. The predicted molar refractivity (Wildman–Crippen MR) is 91.1 cm³/mol. The maximum atomic E-state index is 11.1. The number of aromatic amines is 1. The SMILES string of the molecule is Nc1n[nH]c(-c2ccc(Br)cc2)c1N=Nc1ccccc1C(=O)[O-]. The van der Waals surface area contributed by atoms with Crippen LogP contribution in [-0.2, 0) is 0 Å². The van der Waals surface area contributed by atoms with Crippen LogP contribution < -0.4 is 10.8 Å². The van der Waals surface area contributed by atoms with Gasteiger partial charge in [-0.3, -0.25) is 5.10 Å². The van der Waals surface area contributed by atoms with Gasteiger partial charge in [0.1, 0.15) is 0 Å². The van der Waals surface area contributed by atoms with Gasteiger partial charge in [0, 0.05) is 15.6 Å². The molecule has 2 aromatic carbocycles. The molecule has 0 atom stereocenters. The third-order valence-corrected chi connectivity index (χ3v) is 3.81. The third kappa shape index (κ3) is 3.18. The van der Waals surface area contributed by atoms with Gasteiger partial charge in [0.2, 0.25) is 0 Å². The number of nitrogen functional groups attached to an aromatic ring is 1. The Morgan fingerprint density at radius 3 is 2.54 bits per heavy atom. The highest BCUT2D eigenvalue weighted by molar-refractivity contribution is 9.10. The molecular weight excluding hydrogens is 374 g/mol. The number of carboxylic acid groups (broad SMARTS) is 1. The van der Waals surface area contributed by atoms with Gasteiger partial charge in [-0.25, -0.2) is 0 Å². The molecule has 0 aliphatic heterocycles. The Kier molecular flexibility index (Phi) is 4.39. The highest BCUT2D eigenvalue weighted by atomic mass is 79.9. The van der Waals surface area contributed by atoms with Crippen LogP contribution in [0.3, 0.4) is 0 Å². The lowest BCUT2D eigenvalue weighted by Gasteiger charge is -2.04. The Hall–Kier alpha value is -3.00. The maximum absolute atomic E-state index is 11.1. The van der Waals surface area contributed by atoms with Crippen molar-refractivity contribution in [2.24, 2.45) is 10.2 Å². The summed E-state index contributed by atoms with van der Waals surface area (Å²) >= 11 is 3.37. The van der Waals surface area contributed by atoms with Crippen molar-refractivity contribution in [2.75, 3.05) is 5.73 Å². The Bertz CT molecular complexity index is 918. The average Bonchev–Trinajstić information content (AvgIpc) is 2.94. The van der Waals surface area contributed by atoms with E-state index >= 15 is 0 Å². The lowest BCUT2D eigenvalue weighted by Crippen LogP contribution is -2.22. The van der Waals surface area contributed by atoms with Crippen LogP contribution in [0.5, 0.6) is 0 Å². The van der Waals surface area contributed by atoms with Crippen molar-refractivity contribution in [3.8, 4) is 11.3 Å². The molecule has 0 unspecified atom stereocenters. The molecule has 0 radical (unpaired) electrons. The van der Waals surface area contributed by atoms with E-state index < -0.39 is 5.97 Å². The van der Waals surface area contributed by atoms with Gasteiger partial charge < -0.3 is 15.6 Å². The number of benzene rings is 2. The molecule has 120 valence electrons. The molecule has 3 aromatic rings. The van der Waals surface area contributed by atoms with Crippen LogP contribution in [-0.4, -0.2) is 16.2 Å². The van der Waals surface area contributed by atoms with Gasteiger partial charge in [-0.15, -0.1) is 10.2 Å². The largest absolute Gasteiger partial charge is 0.545 e. The summed E-state index contributed by atoms with van der Waals surface area (Å²) in [5.74, 6) is -1.15. The Balaban J connectivity index is 2.01. The molecule has 3 rings (SSSR count). The number of aromatic carboxylic acids is 1. The number of anilines is 1. The summed E-state index contributed by atoms with van der Waals surface area (Å²) in [5.41, 5.74) is 7.72. The monoisotopic (exact) mass is 384 g/mol. The lowest BCUT2D eigenvalue weighted by atomic mass is 10.1. The molecule has 0 fully saturated rings. The number of nitrogens with zero attached hydrogens (tertiary/aromatic N) is 3. The number of carbonyl (C=O) groups is 1. The van der Waals surface area contributed by atoms with E-state index in [0.29, 0.717) is 11.4 Å². The molecule has 0 aliphatic carbocycles. The van der Waals surface area contributed by atoms with Crippen LogP contribution in [0, 0.1) is 0 Å². The van der Waals surface area contributed by atoms with Crippen molar-refractivity contribution in [3.63, 3.8) is 0 Å². The van der Waals surface area contributed by atoms with Gasteiger partial charge in [0.15, 0.2) is 11.5 Å². The van der Waals surface area contributed by atoms with Crippen LogP contribution >= 0.6 is 15.9 Å². The zero-order chi connectivity index (χ0) is 17.1. The number of nitrogens with one attached hydrogen (secondary N) is 1. The molecule has 0 spiro atoms. The number of hydrogen-bond donors (Lipinski definition) is 2. The van der Waals surface area contributed by atoms with E-state index in [1.165, 1.54) is 12.1 Å². The quantitative estimate of drug-likeness (QED) is 0.670. The van der Waals surface area contributed by atoms with E-state index in [2.05, 4.69) is 36.4 Å². The zero-order valence-electron chi connectivity index (χ0n) is 12.2. The smallest absolute Gasteiger partial charge is 0.173 e. The number of carbonyl (C=O) groups excluding carboxylic acids is 1. The normalized spacial score (nSPS) is 11.0. The molecule has 0 aliphatic rings. The third-order valence-electron chi connectivity index (χ3n) is 3.28. The van der Waals surface area contributed by atoms with Crippen LogP contribution in [0.4, 0.5) is 17.2 Å². The molecule has 1 heterocycles. The minimum absolute atomic E-state index is 0.0477. The van der Waals surface area contributed by atoms with Crippen molar-refractivity contribution >= 4 is 39.1 Å². The van der Waals surface area contributed by atoms with Crippen LogP contribution in [0.15, 0.2) is 63.2 Å². The first-order valence-electron chi connectivity index (χ1n) is 6.88. The zero-order valence-corrected chi connectivity index (χ0v) is 13.8. The van der Waals surface area contributed by atoms with E-state index in [-0.39, 0.29) is 17.1 Å².